The highest BCUT2D eigenvalue weighted by Gasteiger charge is 2.25. The predicted molar refractivity (Wildman–Crippen MR) is 93.7 cm³/mol. The zero-order valence-electron chi connectivity index (χ0n) is 14.9. The van der Waals surface area contributed by atoms with E-state index in [1.165, 1.54) is 6.34 Å². The Bertz CT molecular complexity index is 442. The molecule has 0 bridgehead atoms. The molecule has 0 aliphatic carbocycles. The van der Waals surface area contributed by atoms with Crippen molar-refractivity contribution in [3.8, 4) is 0 Å². The summed E-state index contributed by atoms with van der Waals surface area (Å²) in [6.07, 6.45) is 4.23. The SMILES string of the molecule is CC/C(=C(/C)ONC)C(N=CN)/C(C)=C/NC1CN(COC)C1. The summed E-state index contributed by atoms with van der Waals surface area (Å²) >= 11 is 0. The number of likely N-dealkylation sites (tertiary alicyclic amines) is 1. The zero-order chi connectivity index (χ0) is 17.2. The van der Waals surface area contributed by atoms with Gasteiger partial charge in [0.25, 0.3) is 0 Å². The first-order valence-corrected chi connectivity index (χ1v) is 7.97. The first-order valence-electron chi connectivity index (χ1n) is 7.97. The van der Waals surface area contributed by atoms with Crippen molar-refractivity contribution in [2.75, 3.05) is 34.0 Å². The third kappa shape index (κ3) is 5.85. The molecule has 1 aliphatic rings. The van der Waals surface area contributed by atoms with Gasteiger partial charge in [-0.1, -0.05) is 6.92 Å². The van der Waals surface area contributed by atoms with Gasteiger partial charge in [-0.25, -0.2) is 0 Å². The van der Waals surface area contributed by atoms with E-state index in [-0.39, 0.29) is 6.04 Å². The molecule has 1 aliphatic heterocycles. The molecule has 0 aromatic carbocycles. The average Bonchev–Trinajstić information content (AvgIpc) is 2.49. The molecule has 0 aromatic rings. The summed E-state index contributed by atoms with van der Waals surface area (Å²) in [7, 11) is 3.46. The molecule has 4 N–H and O–H groups in total. The van der Waals surface area contributed by atoms with E-state index in [0.717, 1.165) is 36.4 Å². The molecular formula is C16H31N5O2. The van der Waals surface area contributed by atoms with E-state index < -0.39 is 0 Å². The van der Waals surface area contributed by atoms with Gasteiger partial charge in [-0.05, 0) is 37.6 Å². The molecule has 0 radical (unpaired) electrons. The molecule has 0 saturated carbocycles. The predicted octanol–water partition coefficient (Wildman–Crippen LogP) is 0.959. The fraction of sp³-hybridized carbons (Fsp3) is 0.688. The molecule has 23 heavy (non-hydrogen) atoms. The largest absolute Gasteiger partial charge is 0.414 e. The molecular weight excluding hydrogens is 294 g/mol. The second kappa shape index (κ2) is 10.3. The number of rotatable bonds is 10. The molecule has 0 amide bonds. The summed E-state index contributed by atoms with van der Waals surface area (Å²) in [4.78, 5) is 12.1. The molecule has 1 heterocycles. The minimum Gasteiger partial charge on any atom is -0.414 e. The Morgan fingerprint density at radius 1 is 1.43 bits per heavy atom. The Labute approximate surface area is 139 Å². The topological polar surface area (TPSA) is 84.1 Å². The van der Waals surface area contributed by atoms with Crippen LogP contribution in [0.25, 0.3) is 0 Å². The van der Waals surface area contributed by atoms with Crippen LogP contribution in [-0.4, -0.2) is 57.3 Å². The number of ether oxygens (including phenoxy) is 1. The normalized spacial score (nSPS) is 19.4. The number of hydrogen-bond acceptors (Lipinski definition) is 6. The van der Waals surface area contributed by atoms with Crippen LogP contribution < -0.4 is 16.5 Å². The maximum atomic E-state index is 5.54. The molecule has 7 nitrogen and oxygen atoms in total. The average molecular weight is 325 g/mol. The van der Waals surface area contributed by atoms with E-state index in [0.29, 0.717) is 12.8 Å². The third-order valence-corrected chi connectivity index (χ3v) is 3.90. The van der Waals surface area contributed by atoms with E-state index in [1.807, 2.05) is 13.1 Å². The Hall–Kier alpha value is -1.57. The smallest absolute Gasteiger partial charge is 0.122 e. The number of nitrogens with zero attached hydrogens (tertiary/aromatic N) is 2. The molecule has 1 atom stereocenters. The van der Waals surface area contributed by atoms with Crippen LogP contribution >= 0.6 is 0 Å². The van der Waals surface area contributed by atoms with Gasteiger partial charge in [-0.3, -0.25) is 9.89 Å². The van der Waals surface area contributed by atoms with Crippen LogP contribution in [0.4, 0.5) is 0 Å². The highest BCUT2D eigenvalue weighted by Crippen LogP contribution is 2.22. The van der Waals surface area contributed by atoms with Gasteiger partial charge in [0, 0.05) is 27.2 Å². The lowest BCUT2D eigenvalue weighted by Gasteiger charge is -2.38. The van der Waals surface area contributed by atoms with Crippen LogP contribution in [-0.2, 0) is 9.57 Å². The third-order valence-electron chi connectivity index (χ3n) is 3.90. The molecule has 0 aromatic heterocycles. The van der Waals surface area contributed by atoms with Crippen LogP contribution in [0, 0.1) is 0 Å². The zero-order valence-corrected chi connectivity index (χ0v) is 14.9. The van der Waals surface area contributed by atoms with Gasteiger partial charge in [-0.2, -0.15) is 5.48 Å². The van der Waals surface area contributed by atoms with E-state index >= 15 is 0 Å². The Morgan fingerprint density at radius 3 is 2.65 bits per heavy atom. The molecule has 132 valence electrons. The van der Waals surface area contributed by atoms with Gasteiger partial charge in [0.15, 0.2) is 0 Å². The Kier molecular flexibility index (Phi) is 8.68. The summed E-state index contributed by atoms with van der Waals surface area (Å²) in [6, 6.07) is 0.340. The Morgan fingerprint density at radius 2 is 2.13 bits per heavy atom. The van der Waals surface area contributed by atoms with Gasteiger partial charge in [0.1, 0.15) is 5.76 Å². The summed E-state index contributed by atoms with van der Waals surface area (Å²) in [6.45, 7) is 8.74. The highest BCUT2D eigenvalue weighted by molar-refractivity contribution is 5.53. The van der Waals surface area contributed by atoms with Crippen LogP contribution in [0.2, 0.25) is 0 Å². The number of methoxy groups -OCH3 is 1. The number of hydrogen-bond donors (Lipinski definition) is 3. The highest BCUT2D eigenvalue weighted by atomic mass is 16.6. The Balaban J connectivity index is 2.72. The van der Waals surface area contributed by atoms with Crippen molar-refractivity contribution in [1.29, 1.82) is 0 Å². The summed E-state index contributed by atoms with van der Waals surface area (Å²) in [5.41, 5.74) is 10.5. The lowest BCUT2D eigenvalue weighted by atomic mass is 9.97. The number of allylic oxidation sites excluding steroid dienone is 1. The second-order valence-electron chi connectivity index (χ2n) is 5.65. The van der Waals surface area contributed by atoms with Crippen LogP contribution in [0.15, 0.2) is 28.1 Å². The van der Waals surface area contributed by atoms with Crippen molar-refractivity contribution < 1.29 is 9.57 Å². The first-order chi connectivity index (χ1) is 11.1. The van der Waals surface area contributed by atoms with Crippen molar-refractivity contribution in [3.05, 3.63) is 23.1 Å². The summed E-state index contributed by atoms with van der Waals surface area (Å²) < 4.78 is 5.11. The number of aliphatic imine (C=N–C) groups is 1. The van der Waals surface area contributed by atoms with Crippen molar-refractivity contribution >= 4 is 6.34 Å². The molecule has 0 spiro atoms. The second-order valence-corrected chi connectivity index (χ2v) is 5.65. The van der Waals surface area contributed by atoms with Crippen molar-refractivity contribution in [2.24, 2.45) is 10.7 Å². The lowest BCUT2D eigenvalue weighted by Crippen LogP contribution is -2.57. The van der Waals surface area contributed by atoms with E-state index in [4.69, 9.17) is 15.3 Å². The van der Waals surface area contributed by atoms with Crippen LogP contribution in [0.3, 0.4) is 0 Å². The number of hydroxylamine groups is 1. The maximum Gasteiger partial charge on any atom is 0.122 e. The van der Waals surface area contributed by atoms with E-state index in [9.17, 15) is 0 Å². The fourth-order valence-corrected chi connectivity index (χ4v) is 2.71. The van der Waals surface area contributed by atoms with Gasteiger partial charge in [0.05, 0.1) is 25.2 Å². The quantitative estimate of drug-likeness (QED) is 0.240. The van der Waals surface area contributed by atoms with E-state index in [1.54, 1.807) is 14.2 Å². The number of nitrogens with one attached hydrogen (secondary N) is 2. The van der Waals surface area contributed by atoms with Gasteiger partial charge in [-0.15, -0.1) is 0 Å². The fourth-order valence-electron chi connectivity index (χ4n) is 2.71. The van der Waals surface area contributed by atoms with Gasteiger partial charge in [0.2, 0.25) is 0 Å². The monoisotopic (exact) mass is 325 g/mol. The van der Waals surface area contributed by atoms with Crippen LogP contribution in [0.5, 0.6) is 0 Å². The maximum absolute atomic E-state index is 5.54. The lowest BCUT2D eigenvalue weighted by molar-refractivity contribution is 0.00712. The van der Waals surface area contributed by atoms with Crippen molar-refractivity contribution in [2.45, 2.75) is 39.3 Å². The first kappa shape index (κ1) is 19.5. The van der Waals surface area contributed by atoms with Crippen molar-refractivity contribution in [1.82, 2.24) is 15.7 Å². The minimum absolute atomic E-state index is 0.110. The standard InChI is InChI=1S/C16H31N5O2/c1-6-15(13(3)23-18-4)16(20-10-17)12(2)7-19-14-8-21(9-14)11-22-5/h7,10,14,16,18-19H,6,8-9,11H2,1-5H3,(H2,17,20)/b12-7+,15-13+. The van der Waals surface area contributed by atoms with Gasteiger partial charge < -0.3 is 20.6 Å². The summed E-state index contributed by atoms with van der Waals surface area (Å²) in [5.74, 6) is 0.827. The molecule has 1 rings (SSSR count). The molecule has 1 saturated heterocycles. The molecule has 1 unspecified atom stereocenters. The molecule has 1 fully saturated rings. The molecule has 7 heteroatoms. The number of nitrogens with two attached hydrogens (primary N) is 1. The van der Waals surface area contributed by atoms with E-state index in [2.05, 4.69) is 34.5 Å². The minimum atomic E-state index is -0.110. The van der Waals surface area contributed by atoms with Gasteiger partial charge >= 0.3 is 0 Å². The van der Waals surface area contributed by atoms with Crippen LogP contribution in [0.1, 0.15) is 27.2 Å². The summed E-state index contributed by atoms with van der Waals surface area (Å²) in [5, 5.41) is 3.44. The van der Waals surface area contributed by atoms with Crippen molar-refractivity contribution in [3.63, 3.8) is 0 Å².